The number of benzene rings is 10. The fourth-order valence-corrected chi connectivity index (χ4v) is 8.87. The molecule has 6 heteroatoms. The van der Waals surface area contributed by atoms with E-state index in [1.165, 1.54) is 0 Å². The van der Waals surface area contributed by atoms with Gasteiger partial charge in [-0.05, 0) is 67.3 Å². The van der Waals surface area contributed by atoms with E-state index < -0.39 is 0 Å². The van der Waals surface area contributed by atoms with E-state index in [1.54, 1.807) is 0 Å². The van der Waals surface area contributed by atoms with Crippen LogP contribution in [0.5, 0.6) is 11.5 Å². The fourth-order valence-electron chi connectivity index (χ4n) is 8.87. The average Bonchev–Trinajstić information content (AvgIpc) is 3.95. The topological polar surface area (TPSA) is 26.8 Å². The third kappa shape index (κ3) is 6.78. The molecule has 0 radical (unpaired) electrons. The normalized spacial score (nSPS) is 11.3. The molecule has 0 saturated carbocycles. The molecule has 64 heavy (non-hydrogen) atoms. The van der Waals surface area contributed by atoms with Crippen molar-refractivity contribution >= 4 is 43.6 Å². The van der Waals surface area contributed by atoms with E-state index in [2.05, 4.69) is 225 Å². The van der Waals surface area contributed by atoms with Crippen LogP contribution in [0.2, 0.25) is 0 Å². The van der Waals surface area contributed by atoms with E-state index in [4.69, 9.17) is 4.74 Å². The van der Waals surface area contributed by atoms with E-state index in [1.807, 2.05) is 36.4 Å². The van der Waals surface area contributed by atoms with Crippen LogP contribution in [-0.4, -0.2) is 9.13 Å². The van der Waals surface area contributed by atoms with Crippen molar-refractivity contribution in [2.75, 3.05) is 0 Å². The summed E-state index contributed by atoms with van der Waals surface area (Å²) >= 11 is 0. The molecule has 0 N–H and O–H groups in total. The molecule has 0 aliphatic rings. The quantitative estimate of drug-likeness (QED) is 0.110. The summed E-state index contributed by atoms with van der Waals surface area (Å²) in [5.41, 5.74) is 12.3. The van der Waals surface area contributed by atoms with Gasteiger partial charge in [-0.1, -0.05) is 170 Å². The molecule has 0 spiro atoms. The summed E-state index contributed by atoms with van der Waals surface area (Å²) in [6, 6.07) is 82.8. The van der Waals surface area contributed by atoms with E-state index in [0.717, 1.165) is 88.6 Å². The smallest absolute Gasteiger partial charge is 0.510 e. The zero-order chi connectivity index (χ0) is 41.7. The fraction of sp³-hybridized carbons (Fsp3) is 0. The van der Waals surface area contributed by atoms with E-state index in [9.17, 15) is 0 Å². The van der Waals surface area contributed by atoms with Crippen LogP contribution in [0, 0.1) is 24.8 Å². The van der Waals surface area contributed by atoms with Gasteiger partial charge in [-0.3, -0.25) is 9.13 Å². The largest absolute Gasteiger partial charge is 4.00 e. The van der Waals surface area contributed by atoms with Gasteiger partial charge in [0.25, 0.3) is 12.7 Å². The maximum atomic E-state index is 6.62. The number of nitrogens with zero attached hydrogens (tertiary/aromatic N) is 4. The molecule has 0 fully saturated rings. The second-order valence-corrected chi connectivity index (χ2v) is 15.5. The van der Waals surface area contributed by atoms with Crippen LogP contribution in [0.25, 0.3) is 88.6 Å². The van der Waals surface area contributed by atoms with Gasteiger partial charge in [0.2, 0.25) is 0 Å². The van der Waals surface area contributed by atoms with Gasteiger partial charge in [-0.2, -0.15) is 24.3 Å². The molecule has 12 rings (SSSR count). The van der Waals surface area contributed by atoms with Crippen LogP contribution < -0.4 is 13.9 Å². The van der Waals surface area contributed by atoms with Crippen molar-refractivity contribution in [2.45, 2.75) is 0 Å². The van der Waals surface area contributed by atoms with Crippen LogP contribution in [0.1, 0.15) is 0 Å². The molecule has 5 nitrogen and oxygen atoms in total. The molecule has 0 aliphatic heterocycles. The number of aromatic nitrogens is 4. The Bertz CT molecular complexity index is 3430. The maximum Gasteiger partial charge on any atom is 4.00 e. The van der Waals surface area contributed by atoms with Crippen LogP contribution in [-0.2, 0) is 21.1 Å². The van der Waals surface area contributed by atoms with Crippen molar-refractivity contribution in [1.29, 1.82) is 0 Å². The zero-order valence-electron chi connectivity index (χ0n) is 34.3. The number of fused-ring (bicyclic) bond motifs is 6. The van der Waals surface area contributed by atoms with Crippen molar-refractivity contribution < 1.29 is 34.9 Å². The van der Waals surface area contributed by atoms with Crippen molar-refractivity contribution in [1.82, 2.24) is 9.13 Å². The van der Waals surface area contributed by atoms with Gasteiger partial charge < -0.3 is 13.9 Å². The standard InChI is InChI=1S/C58H36N4O.Pt/c1-3-17-41(18-4-1)49-27-11-13-31-53(49)61-39-59(55-35-33-43-21-7-9-29-51(43)57(55)61)45-23-15-25-47(37-45)63-48-26-16-24-46(38-48)60-40-62(58-52-30-10-8-22-44(52)34-36-56(58)60)54-32-14-12-28-50(54)42-19-5-2-6-20-42;/h1-36H;/q-2;+4. The monoisotopic (exact) mass is 999 g/mol. The number of hydrogen-bond donors (Lipinski definition) is 0. The minimum Gasteiger partial charge on any atom is -0.510 e. The molecule has 2 aromatic heterocycles. The Hall–Kier alpha value is -7.85. The summed E-state index contributed by atoms with van der Waals surface area (Å²) in [4.78, 5) is 0. The number of imidazole rings is 2. The molecule has 0 bridgehead atoms. The Balaban J connectivity index is 0.00000456. The Morgan fingerprint density at radius 3 is 1.23 bits per heavy atom. The predicted octanol–water partition coefficient (Wildman–Crippen LogP) is 12.8. The minimum atomic E-state index is 0. The first kappa shape index (κ1) is 39.0. The third-order valence-electron chi connectivity index (χ3n) is 11.8. The number of para-hydroxylation sites is 2. The third-order valence-corrected chi connectivity index (χ3v) is 11.8. The summed E-state index contributed by atoms with van der Waals surface area (Å²) < 4.78 is 15.1. The van der Waals surface area contributed by atoms with Gasteiger partial charge in [-0.15, -0.1) is 24.3 Å². The Morgan fingerprint density at radius 2 is 0.766 bits per heavy atom. The molecule has 0 atom stereocenters. The predicted molar refractivity (Wildman–Crippen MR) is 251 cm³/mol. The SMILES string of the molecule is [Pt+4].[c-]1c(Oc2[c-]c(-n3[c-][n+](-c4ccccc4-c4ccccc4)c4c5ccccc5ccc43)ccc2)cccc1-n1[c-][n+](-c2ccccc2-c2ccccc2)c2c3ccccc3ccc21. The van der Waals surface area contributed by atoms with Gasteiger partial charge in [-0.25, -0.2) is 0 Å². The van der Waals surface area contributed by atoms with E-state index >= 15 is 0 Å². The second-order valence-electron chi connectivity index (χ2n) is 15.5. The molecule has 0 amide bonds. The number of hydrogen-bond acceptors (Lipinski definition) is 1. The average molecular weight is 1000 g/mol. The van der Waals surface area contributed by atoms with Crippen LogP contribution in [0.3, 0.4) is 0 Å². The zero-order valence-corrected chi connectivity index (χ0v) is 36.6. The Labute approximate surface area is 385 Å². The summed E-state index contributed by atoms with van der Waals surface area (Å²) in [7, 11) is 0. The van der Waals surface area contributed by atoms with Gasteiger partial charge in [0.1, 0.15) is 0 Å². The molecular formula is C58H36N4OPt+2. The van der Waals surface area contributed by atoms with Crippen molar-refractivity contribution in [3.63, 3.8) is 0 Å². The number of rotatable bonds is 8. The van der Waals surface area contributed by atoms with Gasteiger partial charge in [0, 0.05) is 11.5 Å². The van der Waals surface area contributed by atoms with Crippen molar-refractivity contribution in [3.8, 4) is 56.5 Å². The van der Waals surface area contributed by atoms with Gasteiger partial charge in [0.15, 0.2) is 0 Å². The number of ether oxygens (including phenoxy) is 1. The summed E-state index contributed by atoms with van der Waals surface area (Å²) in [6.45, 7) is 0. The van der Waals surface area contributed by atoms with Crippen LogP contribution in [0.4, 0.5) is 0 Å². The Morgan fingerprint density at radius 1 is 0.359 bits per heavy atom. The molecule has 10 aromatic carbocycles. The second kappa shape index (κ2) is 16.4. The molecule has 0 unspecified atom stereocenters. The summed E-state index contributed by atoms with van der Waals surface area (Å²) in [5.74, 6) is 1.12. The molecular weight excluding hydrogens is 964 g/mol. The van der Waals surface area contributed by atoms with Gasteiger partial charge >= 0.3 is 21.1 Å². The first-order valence-electron chi connectivity index (χ1n) is 21.0. The van der Waals surface area contributed by atoms with Crippen LogP contribution >= 0.6 is 0 Å². The van der Waals surface area contributed by atoms with Crippen molar-refractivity contribution in [3.05, 3.63) is 243 Å². The Kier molecular flexibility index (Phi) is 10.0. The molecule has 302 valence electrons. The minimum absolute atomic E-state index is 0. The first-order valence-corrected chi connectivity index (χ1v) is 21.0. The molecule has 12 aromatic rings. The summed E-state index contributed by atoms with van der Waals surface area (Å²) in [6.07, 6.45) is 7.47. The summed E-state index contributed by atoms with van der Waals surface area (Å²) in [5, 5.41) is 4.59. The van der Waals surface area contributed by atoms with E-state index in [-0.39, 0.29) is 21.1 Å². The molecule has 0 aliphatic carbocycles. The van der Waals surface area contributed by atoms with Crippen LogP contribution in [0.15, 0.2) is 218 Å². The van der Waals surface area contributed by atoms with Gasteiger partial charge in [0.05, 0.1) is 33.4 Å². The van der Waals surface area contributed by atoms with E-state index in [0.29, 0.717) is 11.5 Å². The first-order chi connectivity index (χ1) is 31.2. The maximum absolute atomic E-state index is 6.62. The van der Waals surface area contributed by atoms with Crippen molar-refractivity contribution in [2.24, 2.45) is 0 Å². The molecule has 2 heterocycles. The molecule has 0 saturated heterocycles.